The van der Waals surface area contributed by atoms with Gasteiger partial charge in [0, 0.05) is 36.2 Å². The molecule has 0 spiro atoms. The van der Waals surface area contributed by atoms with Crippen LogP contribution in [0.15, 0.2) is 24.8 Å². The van der Waals surface area contributed by atoms with Crippen molar-refractivity contribution in [3.05, 3.63) is 41.3 Å². The van der Waals surface area contributed by atoms with Crippen LogP contribution in [0.5, 0.6) is 0 Å². The van der Waals surface area contributed by atoms with Crippen LogP contribution in [0.3, 0.4) is 0 Å². The van der Waals surface area contributed by atoms with E-state index in [9.17, 15) is 9.18 Å². The number of hydrogen-bond acceptors (Lipinski definition) is 2. The molecule has 0 bridgehead atoms. The Balaban J connectivity index is 1.74. The molecule has 2 saturated heterocycles. The topological polar surface area (TPSA) is 39.3 Å². The molecule has 2 atom stereocenters. The predicted molar refractivity (Wildman–Crippen MR) is 98.6 cm³/mol. The highest BCUT2D eigenvalue weighted by atomic mass is 35.5. The van der Waals surface area contributed by atoms with E-state index in [0.717, 1.165) is 42.5 Å². The Labute approximate surface area is 151 Å². The second kappa shape index (κ2) is 6.06. The van der Waals surface area contributed by atoms with Gasteiger partial charge in [-0.25, -0.2) is 4.39 Å². The number of nitrogens with one attached hydrogen (secondary N) is 1. The molecule has 1 amide bonds. The fraction of sp³-hybridized carbons (Fsp3) is 0.421. The Kier molecular flexibility index (Phi) is 3.99. The van der Waals surface area contributed by atoms with E-state index in [1.54, 1.807) is 6.07 Å². The SMILES string of the molecule is C=CC(=O)N1CCC2CCN(c3c(F)ccc4[nH]c(C)c(Cl)c34)CC21. The number of likely N-dealkylation sites (tertiary alicyclic amines) is 1. The number of nitrogens with zero attached hydrogens (tertiary/aromatic N) is 2. The minimum atomic E-state index is -0.272. The van der Waals surface area contributed by atoms with Crippen molar-refractivity contribution in [2.45, 2.75) is 25.8 Å². The molecule has 1 N–H and O–H groups in total. The lowest BCUT2D eigenvalue weighted by Crippen LogP contribution is -2.49. The molecule has 2 fully saturated rings. The van der Waals surface area contributed by atoms with Crippen LogP contribution in [0.25, 0.3) is 10.9 Å². The molecule has 4 rings (SSSR count). The number of aryl methyl sites for hydroxylation is 1. The van der Waals surface area contributed by atoms with Gasteiger partial charge in [0.15, 0.2) is 0 Å². The van der Waals surface area contributed by atoms with Gasteiger partial charge in [0.2, 0.25) is 5.91 Å². The second-order valence-corrected chi connectivity index (χ2v) is 7.35. The molecule has 25 heavy (non-hydrogen) atoms. The van der Waals surface area contributed by atoms with Gasteiger partial charge in [-0.3, -0.25) is 4.79 Å². The molecule has 2 aliphatic heterocycles. The Bertz CT molecular complexity index is 862. The van der Waals surface area contributed by atoms with Crippen LogP contribution in [-0.2, 0) is 4.79 Å². The first-order chi connectivity index (χ1) is 12.0. The quantitative estimate of drug-likeness (QED) is 0.824. The summed E-state index contributed by atoms with van der Waals surface area (Å²) in [5.74, 6) is 0.167. The van der Waals surface area contributed by atoms with E-state index in [4.69, 9.17) is 11.6 Å². The molecular formula is C19H21ClFN3O. The summed E-state index contributed by atoms with van der Waals surface area (Å²) in [5.41, 5.74) is 2.22. The van der Waals surface area contributed by atoms with Crippen molar-refractivity contribution >= 4 is 34.1 Å². The van der Waals surface area contributed by atoms with Crippen molar-refractivity contribution in [2.24, 2.45) is 5.92 Å². The normalized spacial score (nSPS) is 23.2. The van der Waals surface area contributed by atoms with E-state index in [2.05, 4.69) is 11.6 Å². The maximum absolute atomic E-state index is 14.7. The summed E-state index contributed by atoms with van der Waals surface area (Å²) in [7, 11) is 0. The van der Waals surface area contributed by atoms with Crippen molar-refractivity contribution < 1.29 is 9.18 Å². The van der Waals surface area contributed by atoms with Gasteiger partial charge in [-0.15, -0.1) is 0 Å². The number of aromatic amines is 1. The van der Waals surface area contributed by atoms with Gasteiger partial charge in [0.1, 0.15) is 5.82 Å². The fourth-order valence-corrected chi connectivity index (χ4v) is 4.62. The van der Waals surface area contributed by atoms with E-state index in [1.807, 2.05) is 16.7 Å². The fourth-order valence-electron chi connectivity index (χ4n) is 4.38. The zero-order chi connectivity index (χ0) is 17.7. The zero-order valence-corrected chi connectivity index (χ0v) is 14.9. The summed E-state index contributed by atoms with van der Waals surface area (Å²) in [4.78, 5) is 19.3. The van der Waals surface area contributed by atoms with Crippen LogP contribution in [0.1, 0.15) is 18.5 Å². The highest BCUT2D eigenvalue weighted by Gasteiger charge is 2.40. The average molecular weight is 362 g/mol. The average Bonchev–Trinajstić information content (AvgIpc) is 3.16. The molecule has 0 aliphatic carbocycles. The maximum Gasteiger partial charge on any atom is 0.246 e. The molecule has 3 heterocycles. The summed E-state index contributed by atoms with van der Waals surface area (Å²) >= 11 is 6.45. The summed E-state index contributed by atoms with van der Waals surface area (Å²) in [6.45, 7) is 7.64. The first kappa shape index (κ1) is 16.5. The van der Waals surface area contributed by atoms with Crippen molar-refractivity contribution in [1.29, 1.82) is 0 Å². The van der Waals surface area contributed by atoms with Crippen LogP contribution in [0.2, 0.25) is 5.02 Å². The largest absolute Gasteiger partial charge is 0.366 e. The van der Waals surface area contributed by atoms with Crippen LogP contribution in [0.4, 0.5) is 10.1 Å². The summed E-state index contributed by atoms with van der Waals surface area (Å²) < 4.78 is 14.7. The van der Waals surface area contributed by atoms with Gasteiger partial charge in [0.05, 0.1) is 16.8 Å². The lowest BCUT2D eigenvalue weighted by Gasteiger charge is -2.39. The van der Waals surface area contributed by atoms with E-state index >= 15 is 0 Å². The number of halogens is 2. The molecule has 2 aromatic rings. The van der Waals surface area contributed by atoms with E-state index in [0.29, 0.717) is 23.2 Å². The number of benzene rings is 1. The minimum Gasteiger partial charge on any atom is -0.366 e. The number of H-pyrrole nitrogens is 1. The minimum absolute atomic E-state index is 0.0384. The third kappa shape index (κ3) is 2.53. The summed E-state index contributed by atoms with van der Waals surface area (Å²) in [6, 6.07) is 3.31. The van der Waals surface area contributed by atoms with Crippen LogP contribution >= 0.6 is 11.6 Å². The Morgan fingerprint density at radius 1 is 1.40 bits per heavy atom. The Morgan fingerprint density at radius 3 is 2.92 bits per heavy atom. The van der Waals surface area contributed by atoms with Gasteiger partial charge in [-0.05, 0) is 43.9 Å². The molecular weight excluding hydrogens is 341 g/mol. The van der Waals surface area contributed by atoms with Crippen LogP contribution in [0, 0.1) is 18.7 Å². The van der Waals surface area contributed by atoms with Gasteiger partial charge < -0.3 is 14.8 Å². The van der Waals surface area contributed by atoms with Gasteiger partial charge >= 0.3 is 0 Å². The monoisotopic (exact) mass is 361 g/mol. The molecule has 1 aromatic carbocycles. The van der Waals surface area contributed by atoms with Gasteiger partial charge in [-0.1, -0.05) is 18.2 Å². The number of piperidine rings is 1. The van der Waals surface area contributed by atoms with Gasteiger partial charge in [-0.2, -0.15) is 0 Å². The maximum atomic E-state index is 14.7. The molecule has 2 aliphatic rings. The van der Waals surface area contributed by atoms with E-state index in [1.165, 1.54) is 12.1 Å². The molecule has 1 aromatic heterocycles. The molecule has 4 nitrogen and oxygen atoms in total. The van der Waals surface area contributed by atoms with Gasteiger partial charge in [0.25, 0.3) is 0 Å². The third-order valence-electron chi connectivity index (χ3n) is 5.64. The first-order valence-corrected chi connectivity index (χ1v) is 9.03. The zero-order valence-electron chi connectivity index (χ0n) is 14.2. The van der Waals surface area contributed by atoms with Crippen LogP contribution in [-0.4, -0.2) is 41.5 Å². The predicted octanol–water partition coefficient (Wildman–Crippen LogP) is 3.88. The third-order valence-corrected chi connectivity index (χ3v) is 6.11. The number of carbonyl (C=O) groups is 1. The van der Waals surface area contributed by atoms with Crippen molar-refractivity contribution in [1.82, 2.24) is 9.88 Å². The van der Waals surface area contributed by atoms with E-state index < -0.39 is 0 Å². The Morgan fingerprint density at radius 2 is 2.16 bits per heavy atom. The molecule has 6 heteroatoms. The second-order valence-electron chi connectivity index (χ2n) is 6.97. The number of aromatic nitrogens is 1. The Hall–Kier alpha value is -2.01. The highest BCUT2D eigenvalue weighted by molar-refractivity contribution is 6.37. The standard InChI is InChI=1S/C19H21ClFN3O/c1-3-16(25)24-9-7-12-6-8-23(10-15(12)24)19-13(21)4-5-14-17(19)18(20)11(2)22-14/h3-5,12,15,22H,1,6-10H2,2H3. The van der Waals surface area contributed by atoms with Crippen molar-refractivity contribution in [2.75, 3.05) is 24.5 Å². The number of anilines is 1. The first-order valence-electron chi connectivity index (χ1n) is 8.65. The number of rotatable bonds is 2. The smallest absolute Gasteiger partial charge is 0.246 e. The number of carbonyl (C=O) groups excluding carboxylic acids is 1. The van der Waals surface area contributed by atoms with E-state index in [-0.39, 0.29) is 17.8 Å². The summed E-state index contributed by atoms with van der Waals surface area (Å²) in [6.07, 6.45) is 3.33. The molecule has 0 radical (unpaired) electrons. The van der Waals surface area contributed by atoms with Crippen molar-refractivity contribution in [3.8, 4) is 0 Å². The van der Waals surface area contributed by atoms with Crippen molar-refractivity contribution in [3.63, 3.8) is 0 Å². The molecule has 0 saturated carbocycles. The lowest BCUT2D eigenvalue weighted by molar-refractivity contribution is -0.127. The number of amides is 1. The molecule has 132 valence electrons. The lowest BCUT2D eigenvalue weighted by atomic mass is 9.91. The molecule has 2 unspecified atom stereocenters. The summed E-state index contributed by atoms with van der Waals surface area (Å²) in [5, 5.41) is 1.30. The number of fused-ring (bicyclic) bond motifs is 2. The van der Waals surface area contributed by atoms with Crippen LogP contribution < -0.4 is 4.90 Å². The number of hydrogen-bond donors (Lipinski definition) is 1. The highest BCUT2D eigenvalue weighted by Crippen LogP contribution is 2.40.